The Labute approximate surface area is 135 Å². The molecule has 0 saturated carbocycles. The van der Waals surface area contributed by atoms with Crippen LogP contribution in [0, 0.1) is 0 Å². The predicted molar refractivity (Wildman–Crippen MR) is 99.9 cm³/mol. The minimum atomic E-state index is -1.62. The van der Waals surface area contributed by atoms with Crippen LogP contribution < -0.4 is 5.19 Å². The van der Waals surface area contributed by atoms with Crippen LogP contribution in [0.5, 0.6) is 0 Å². The maximum absolute atomic E-state index is 2.39. The molecule has 0 spiro atoms. The van der Waals surface area contributed by atoms with Crippen LogP contribution in [0.3, 0.4) is 0 Å². The molecule has 112 valence electrons. The van der Waals surface area contributed by atoms with E-state index >= 15 is 0 Å². The summed E-state index contributed by atoms with van der Waals surface area (Å²) >= 11 is 0. The largest absolute Gasteiger partial charge is 0.114 e. The van der Waals surface area contributed by atoms with Gasteiger partial charge in [0.1, 0.15) is 8.07 Å². The molecular weight excluding hydrogens is 280 g/mol. The molecular formula is C21H24Si. The molecule has 0 amide bonds. The molecule has 0 unspecified atom stereocenters. The predicted octanol–water partition coefficient (Wildman–Crippen LogP) is 5.34. The van der Waals surface area contributed by atoms with Gasteiger partial charge in [-0.2, -0.15) is 0 Å². The Morgan fingerprint density at radius 3 is 2.00 bits per heavy atom. The maximum atomic E-state index is 2.39. The highest BCUT2D eigenvalue weighted by atomic mass is 28.3. The molecule has 2 aromatic carbocycles. The van der Waals surface area contributed by atoms with Gasteiger partial charge in [-0.1, -0.05) is 109 Å². The average Bonchev–Trinajstić information content (AvgIpc) is 3.09. The van der Waals surface area contributed by atoms with Crippen molar-refractivity contribution in [1.29, 1.82) is 0 Å². The molecule has 1 heteroatoms. The van der Waals surface area contributed by atoms with Crippen LogP contribution in [0.15, 0.2) is 78.0 Å². The van der Waals surface area contributed by atoms with Crippen LogP contribution in [-0.2, 0) is 0 Å². The van der Waals surface area contributed by atoms with Gasteiger partial charge >= 0.3 is 0 Å². The van der Waals surface area contributed by atoms with Crippen molar-refractivity contribution in [3.63, 3.8) is 0 Å². The molecule has 0 heterocycles. The molecule has 3 rings (SSSR count). The second-order valence-corrected chi connectivity index (χ2v) is 10.8. The first-order chi connectivity index (χ1) is 10.8. The molecule has 1 aliphatic carbocycles. The summed E-state index contributed by atoms with van der Waals surface area (Å²) in [4.78, 5) is 0. The van der Waals surface area contributed by atoms with E-state index in [0.29, 0.717) is 0 Å². The van der Waals surface area contributed by atoms with E-state index in [9.17, 15) is 0 Å². The second-order valence-electron chi connectivity index (χ2n) is 6.02. The van der Waals surface area contributed by atoms with Gasteiger partial charge in [0.15, 0.2) is 0 Å². The van der Waals surface area contributed by atoms with Crippen LogP contribution in [0.25, 0.3) is 5.57 Å². The zero-order valence-electron chi connectivity index (χ0n) is 13.5. The van der Waals surface area contributed by atoms with Crippen LogP contribution in [0.4, 0.5) is 0 Å². The van der Waals surface area contributed by atoms with Gasteiger partial charge in [-0.25, -0.2) is 0 Å². The molecule has 0 N–H and O–H groups in total. The molecule has 0 atom stereocenters. The van der Waals surface area contributed by atoms with Gasteiger partial charge in [-0.05, 0) is 17.6 Å². The third kappa shape index (κ3) is 2.50. The van der Waals surface area contributed by atoms with E-state index in [0.717, 1.165) is 6.42 Å². The van der Waals surface area contributed by atoms with E-state index in [1.54, 1.807) is 10.4 Å². The number of benzene rings is 2. The maximum Gasteiger partial charge on any atom is 0.114 e. The van der Waals surface area contributed by atoms with E-state index in [1.807, 2.05) is 0 Å². The minimum Gasteiger partial charge on any atom is -0.0802 e. The summed E-state index contributed by atoms with van der Waals surface area (Å²) in [5, 5.41) is 3.31. The summed E-state index contributed by atoms with van der Waals surface area (Å²) in [6.07, 6.45) is 5.83. The Bertz CT molecular complexity index is 676. The van der Waals surface area contributed by atoms with Gasteiger partial charge in [0.2, 0.25) is 0 Å². The third-order valence-electron chi connectivity index (χ3n) is 5.13. The standard InChI is InChI=1S/C21H24Si/c1-3-22(4-2,19-14-9-6-10-15-19)21-17-11-16-20(21)18-12-7-5-8-13-18/h5-16H,3-4,17H2,1-2H3. The van der Waals surface area contributed by atoms with Crippen molar-refractivity contribution in [2.45, 2.75) is 32.4 Å². The summed E-state index contributed by atoms with van der Waals surface area (Å²) in [5.74, 6) is 0. The lowest BCUT2D eigenvalue weighted by atomic mass is 10.1. The molecule has 1 aliphatic rings. The summed E-state index contributed by atoms with van der Waals surface area (Å²) in [7, 11) is -1.62. The van der Waals surface area contributed by atoms with E-state index in [2.05, 4.69) is 86.7 Å². The first-order valence-corrected chi connectivity index (χ1v) is 10.7. The molecule has 2 aromatic rings. The Hall–Kier alpha value is -1.86. The molecule has 22 heavy (non-hydrogen) atoms. The van der Waals surface area contributed by atoms with Crippen molar-refractivity contribution in [2.75, 3.05) is 0 Å². The van der Waals surface area contributed by atoms with Crippen LogP contribution in [0.2, 0.25) is 12.1 Å². The minimum absolute atomic E-state index is 1.13. The van der Waals surface area contributed by atoms with Crippen LogP contribution in [0.1, 0.15) is 25.8 Å². The third-order valence-corrected chi connectivity index (χ3v) is 10.6. The van der Waals surface area contributed by atoms with Crippen molar-refractivity contribution in [3.05, 3.63) is 83.6 Å². The molecule has 0 radical (unpaired) electrons. The lowest BCUT2D eigenvalue weighted by Gasteiger charge is -2.33. The van der Waals surface area contributed by atoms with Crippen molar-refractivity contribution >= 4 is 18.8 Å². The Balaban J connectivity index is 2.17. The molecule has 0 aromatic heterocycles. The fraction of sp³-hybridized carbons (Fsp3) is 0.238. The topological polar surface area (TPSA) is 0 Å². The molecule has 0 saturated heterocycles. The number of hydrogen-bond acceptors (Lipinski definition) is 0. The Kier molecular flexibility index (Phi) is 4.44. The van der Waals surface area contributed by atoms with Crippen molar-refractivity contribution in [3.8, 4) is 0 Å². The first-order valence-electron chi connectivity index (χ1n) is 8.33. The molecule has 0 bridgehead atoms. The fourth-order valence-corrected chi connectivity index (χ4v) is 8.46. The monoisotopic (exact) mass is 304 g/mol. The lowest BCUT2D eigenvalue weighted by molar-refractivity contribution is 1.23. The smallest absolute Gasteiger partial charge is 0.0802 e. The van der Waals surface area contributed by atoms with Gasteiger partial charge in [-0.3, -0.25) is 0 Å². The summed E-state index contributed by atoms with van der Waals surface area (Å²) in [6.45, 7) is 4.77. The van der Waals surface area contributed by atoms with E-state index < -0.39 is 8.07 Å². The van der Waals surface area contributed by atoms with Gasteiger partial charge in [0, 0.05) is 0 Å². The van der Waals surface area contributed by atoms with Gasteiger partial charge in [0.05, 0.1) is 0 Å². The number of allylic oxidation sites excluding steroid dienone is 4. The van der Waals surface area contributed by atoms with Gasteiger partial charge in [-0.15, -0.1) is 0 Å². The number of rotatable bonds is 5. The van der Waals surface area contributed by atoms with Gasteiger partial charge < -0.3 is 0 Å². The highest BCUT2D eigenvalue weighted by Crippen LogP contribution is 2.37. The quantitative estimate of drug-likeness (QED) is 0.654. The van der Waals surface area contributed by atoms with Crippen molar-refractivity contribution in [2.24, 2.45) is 0 Å². The normalized spacial score (nSPS) is 14.6. The van der Waals surface area contributed by atoms with Gasteiger partial charge in [0.25, 0.3) is 0 Å². The average molecular weight is 305 g/mol. The zero-order valence-corrected chi connectivity index (χ0v) is 14.5. The first kappa shape index (κ1) is 15.0. The Morgan fingerprint density at radius 1 is 0.818 bits per heavy atom. The molecule has 0 aliphatic heterocycles. The zero-order chi connectivity index (χ0) is 15.4. The summed E-state index contributed by atoms with van der Waals surface area (Å²) in [6, 6.07) is 24.7. The molecule has 0 nitrogen and oxygen atoms in total. The Morgan fingerprint density at radius 2 is 1.41 bits per heavy atom. The highest BCUT2D eigenvalue weighted by Gasteiger charge is 2.37. The summed E-state index contributed by atoms with van der Waals surface area (Å²) < 4.78 is 0. The van der Waals surface area contributed by atoms with Crippen molar-refractivity contribution in [1.82, 2.24) is 0 Å². The highest BCUT2D eigenvalue weighted by molar-refractivity contribution is 6.98. The lowest BCUT2D eigenvalue weighted by Crippen LogP contribution is -2.48. The van der Waals surface area contributed by atoms with Crippen LogP contribution in [-0.4, -0.2) is 8.07 Å². The van der Waals surface area contributed by atoms with E-state index in [4.69, 9.17) is 0 Å². The second kappa shape index (κ2) is 6.49. The number of hydrogen-bond donors (Lipinski definition) is 0. The SMILES string of the molecule is CC[Si](CC)(C1=C(c2ccccc2)C=CC1)c1ccccc1. The molecule has 0 fully saturated rings. The van der Waals surface area contributed by atoms with Crippen LogP contribution >= 0.6 is 0 Å². The summed E-state index contributed by atoms with van der Waals surface area (Å²) in [5.41, 5.74) is 2.86. The van der Waals surface area contributed by atoms with Crippen molar-refractivity contribution < 1.29 is 0 Å². The van der Waals surface area contributed by atoms with E-state index in [-0.39, 0.29) is 0 Å². The van der Waals surface area contributed by atoms with E-state index in [1.165, 1.54) is 23.2 Å². The fourth-order valence-electron chi connectivity index (χ4n) is 3.86.